The van der Waals surface area contributed by atoms with Crippen LogP contribution < -0.4 is 5.76 Å². The maximum absolute atomic E-state index is 13.1. The molecule has 0 aliphatic carbocycles. The Labute approximate surface area is 129 Å². The molecule has 2 aromatic carbocycles. The van der Waals surface area contributed by atoms with Crippen molar-refractivity contribution < 1.29 is 8.81 Å². The number of benzene rings is 2. The van der Waals surface area contributed by atoms with Gasteiger partial charge in [0.1, 0.15) is 5.82 Å². The standard InChI is InChI=1S/C15H10Cl2FNO2/c1-19-12-5-2-8(6-13(12)21-15(19)20)14(17)10-4-3-9(18)7-11(10)16/h2-7,14H,1H3. The van der Waals surface area contributed by atoms with Crippen LogP contribution in [0.15, 0.2) is 45.6 Å². The molecule has 108 valence electrons. The first kappa shape index (κ1) is 14.2. The molecular weight excluding hydrogens is 316 g/mol. The number of rotatable bonds is 2. The van der Waals surface area contributed by atoms with Crippen molar-refractivity contribution in [3.8, 4) is 0 Å². The van der Waals surface area contributed by atoms with E-state index in [1.165, 1.54) is 16.7 Å². The smallest absolute Gasteiger partial charge is 0.408 e. The van der Waals surface area contributed by atoms with Crippen LogP contribution in [0.3, 0.4) is 0 Å². The molecule has 1 aromatic heterocycles. The minimum absolute atomic E-state index is 0.254. The molecule has 3 nitrogen and oxygen atoms in total. The summed E-state index contributed by atoms with van der Waals surface area (Å²) in [5.74, 6) is -0.856. The van der Waals surface area contributed by atoms with Gasteiger partial charge in [-0.1, -0.05) is 23.7 Å². The summed E-state index contributed by atoms with van der Waals surface area (Å²) < 4.78 is 19.6. The van der Waals surface area contributed by atoms with Crippen molar-refractivity contribution in [1.29, 1.82) is 0 Å². The van der Waals surface area contributed by atoms with Gasteiger partial charge in [-0.25, -0.2) is 9.18 Å². The molecule has 0 saturated heterocycles. The van der Waals surface area contributed by atoms with Gasteiger partial charge in [-0.05, 0) is 35.4 Å². The van der Waals surface area contributed by atoms with Crippen LogP contribution in [-0.2, 0) is 7.05 Å². The van der Waals surface area contributed by atoms with E-state index in [1.54, 1.807) is 31.3 Å². The minimum Gasteiger partial charge on any atom is -0.408 e. The zero-order chi connectivity index (χ0) is 15.1. The molecule has 0 saturated carbocycles. The molecule has 0 spiro atoms. The van der Waals surface area contributed by atoms with E-state index in [1.807, 2.05) is 0 Å². The number of oxazole rings is 1. The van der Waals surface area contributed by atoms with E-state index in [0.29, 0.717) is 22.2 Å². The second-order valence-electron chi connectivity index (χ2n) is 4.68. The normalized spacial score (nSPS) is 12.8. The Morgan fingerprint density at radius 1 is 1.24 bits per heavy atom. The van der Waals surface area contributed by atoms with Gasteiger partial charge >= 0.3 is 5.76 Å². The average Bonchev–Trinajstić information content (AvgIpc) is 2.73. The van der Waals surface area contributed by atoms with E-state index in [4.69, 9.17) is 27.6 Å². The van der Waals surface area contributed by atoms with Gasteiger partial charge in [0.25, 0.3) is 0 Å². The zero-order valence-electron chi connectivity index (χ0n) is 10.9. The molecule has 0 fully saturated rings. The van der Waals surface area contributed by atoms with E-state index >= 15 is 0 Å². The number of halogens is 3. The van der Waals surface area contributed by atoms with Crippen LogP contribution in [-0.4, -0.2) is 4.57 Å². The summed E-state index contributed by atoms with van der Waals surface area (Å²) >= 11 is 12.4. The Morgan fingerprint density at radius 3 is 2.71 bits per heavy atom. The molecule has 1 unspecified atom stereocenters. The van der Waals surface area contributed by atoms with Crippen LogP contribution in [0.25, 0.3) is 11.1 Å². The molecule has 1 atom stereocenters. The van der Waals surface area contributed by atoms with E-state index in [9.17, 15) is 9.18 Å². The van der Waals surface area contributed by atoms with Crippen LogP contribution in [0.2, 0.25) is 5.02 Å². The van der Waals surface area contributed by atoms with Gasteiger partial charge in [-0.3, -0.25) is 4.57 Å². The number of aryl methyl sites for hydroxylation is 1. The molecular formula is C15H10Cl2FNO2. The van der Waals surface area contributed by atoms with Gasteiger partial charge in [-0.15, -0.1) is 11.6 Å². The van der Waals surface area contributed by atoms with E-state index in [-0.39, 0.29) is 5.02 Å². The fourth-order valence-electron chi connectivity index (χ4n) is 2.19. The second kappa shape index (κ2) is 5.20. The fraction of sp³-hybridized carbons (Fsp3) is 0.133. The Hall–Kier alpha value is -1.78. The summed E-state index contributed by atoms with van der Waals surface area (Å²) in [7, 11) is 1.63. The highest BCUT2D eigenvalue weighted by Gasteiger charge is 2.17. The van der Waals surface area contributed by atoms with Crippen LogP contribution in [0.4, 0.5) is 4.39 Å². The third kappa shape index (κ3) is 2.45. The van der Waals surface area contributed by atoms with Crippen molar-refractivity contribution in [2.24, 2.45) is 7.05 Å². The molecule has 21 heavy (non-hydrogen) atoms. The van der Waals surface area contributed by atoms with Gasteiger partial charge in [0.05, 0.1) is 10.9 Å². The lowest BCUT2D eigenvalue weighted by Crippen LogP contribution is -2.08. The summed E-state index contributed by atoms with van der Waals surface area (Å²) in [5, 5.41) is -0.308. The topological polar surface area (TPSA) is 35.1 Å². The average molecular weight is 326 g/mol. The van der Waals surface area contributed by atoms with Crippen LogP contribution in [0.5, 0.6) is 0 Å². The van der Waals surface area contributed by atoms with E-state index in [0.717, 1.165) is 0 Å². The number of hydrogen-bond donors (Lipinski definition) is 0. The fourth-order valence-corrected chi connectivity index (χ4v) is 2.85. The van der Waals surface area contributed by atoms with Crippen molar-refractivity contribution in [2.75, 3.05) is 0 Å². The first-order chi connectivity index (χ1) is 9.97. The Balaban J connectivity index is 2.09. The Bertz CT molecular complexity index is 885. The van der Waals surface area contributed by atoms with Gasteiger partial charge in [-0.2, -0.15) is 0 Å². The van der Waals surface area contributed by atoms with Crippen molar-refractivity contribution in [2.45, 2.75) is 5.38 Å². The molecule has 0 aliphatic heterocycles. The third-order valence-corrected chi connectivity index (χ3v) is 4.16. The summed E-state index contributed by atoms with van der Waals surface area (Å²) in [6, 6.07) is 9.29. The molecule has 0 N–H and O–H groups in total. The molecule has 1 heterocycles. The predicted octanol–water partition coefficient (Wildman–Crippen LogP) is 4.25. The van der Waals surface area contributed by atoms with Crippen LogP contribution in [0, 0.1) is 5.82 Å². The maximum Gasteiger partial charge on any atom is 0.419 e. The lowest BCUT2D eigenvalue weighted by atomic mass is 10.0. The van der Waals surface area contributed by atoms with E-state index < -0.39 is 17.0 Å². The summed E-state index contributed by atoms with van der Waals surface area (Å²) in [6.07, 6.45) is 0. The summed E-state index contributed by atoms with van der Waals surface area (Å²) in [5.41, 5.74) is 2.44. The number of fused-ring (bicyclic) bond motifs is 1. The lowest BCUT2D eigenvalue weighted by molar-refractivity contribution is 0.528. The third-order valence-electron chi connectivity index (χ3n) is 3.34. The maximum atomic E-state index is 13.1. The second-order valence-corrected chi connectivity index (χ2v) is 5.53. The van der Waals surface area contributed by atoms with Crippen molar-refractivity contribution in [1.82, 2.24) is 4.57 Å². The quantitative estimate of drug-likeness (QED) is 0.660. The zero-order valence-corrected chi connectivity index (χ0v) is 12.5. The SMILES string of the molecule is Cn1c(=O)oc2cc(C(Cl)c3ccc(F)cc3Cl)ccc21. The van der Waals surface area contributed by atoms with Crippen LogP contribution >= 0.6 is 23.2 Å². The molecule has 3 aromatic rings. The molecule has 0 radical (unpaired) electrons. The molecule has 0 amide bonds. The van der Waals surface area contributed by atoms with Gasteiger partial charge in [0, 0.05) is 12.1 Å². The molecule has 6 heteroatoms. The summed E-state index contributed by atoms with van der Waals surface area (Å²) in [4.78, 5) is 11.5. The Morgan fingerprint density at radius 2 is 2.00 bits per heavy atom. The highest BCUT2D eigenvalue weighted by Crippen LogP contribution is 2.35. The van der Waals surface area contributed by atoms with Crippen molar-refractivity contribution in [3.05, 3.63) is 68.9 Å². The molecule has 3 rings (SSSR count). The molecule has 0 bridgehead atoms. The van der Waals surface area contributed by atoms with E-state index in [2.05, 4.69) is 0 Å². The van der Waals surface area contributed by atoms with Gasteiger partial charge < -0.3 is 4.42 Å². The monoisotopic (exact) mass is 325 g/mol. The lowest BCUT2D eigenvalue weighted by Gasteiger charge is -2.12. The number of aromatic nitrogens is 1. The summed E-state index contributed by atoms with van der Waals surface area (Å²) in [6.45, 7) is 0. The predicted molar refractivity (Wildman–Crippen MR) is 80.6 cm³/mol. The first-order valence-electron chi connectivity index (χ1n) is 6.16. The number of alkyl halides is 1. The minimum atomic E-state index is -0.562. The first-order valence-corrected chi connectivity index (χ1v) is 6.97. The number of nitrogens with zero attached hydrogens (tertiary/aromatic N) is 1. The largest absolute Gasteiger partial charge is 0.419 e. The molecule has 0 aliphatic rings. The van der Waals surface area contributed by atoms with Crippen molar-refractivity contribution in [3.63, 3.8) is 0 Å². The van der Waals surface area contributed by atoms with Crippen LogP contribution in [0.1, 0.15) is 16.5 Å². The van der Waals surface area contributed by atoms with Crippen molar-refractivity contribution >= 4 is 34.3 Å². The highest BCUT2D eigenvalue weighted by atomic mass is 35.5. The highest BCUT2D eigenvalue weighted by molar-refractivity contribution is 6.33. The van der Waals surface area contributed by atoms with Gasteiger partial charge in [0.2, 0.25) is 0 Å². The number of hydrogen-bond acceptors (Lipinski definition) is 2. The van der Waals surface area contributed by atoms with Gasteiger partial charge in [0.15, 0.2) is 5.58 Å². The Kier molecular flexibility index (Phi) is 3.51.